The van der Waals surface area contributed by atoms with Gasteiger partial charge in [0.2, 0.25) is 0 Å². The van der Waals surface area contributed by atoms with Crippen molar-refractivity contribution in [2.45, 2.75) is 39.3 Å². The number of hydrogen-bond donors (Lipinski definition) is 2. The number of piperidine rings is 1. The Balaban J connectivity index is 1.67. The van der Waals surface area contributed by atoms with Gasteiger partial charge in [-0.3, -0.25) is 9.78 Å². The highest BCUT2D eigenvalue weighted by atomic mass is 16.3. The quantitative estimate of drug-likeness (QED) is 0.883. The summed E-state index contributed by atoms with van der Waals surface area (Å²) >= 11 is 0. The van der Waals surface area contributed by atoms with E-state index in [1.165, 1.54) is 5.56 Å². The molecule has 5 heteroatoms. The molecule has 2 atom stereocenters. The predicted molar refractivity (Wildman–Crippen MR) is 102 cm³/mol. The van der Waals surface area contributed by atoms with E-state index in [0.717, 1.165) is 29.8 Å². The number of aliphatic hydroxyl groups excluding tert-OH is 1. The van der Waals surface area contributed by atoms with Crippen LogP contribution in [0.4, 0.5) is 0 Å². The van der Waals surface area contributed by atoms with Gasteiger partial charge in [0.15, 0.2) is 0 Å². The van der Waals surface area contributed by atoms with Gasteiger partial charge in [-0.15, -0.1) is 0 Å². The van der Waals surface area contributed by atoms with Crippen molar-refractivity contribution in [3.05, 3.63) is 64.5 Å². The molecule has 3 rings (SSSR count). The summed E-state index contributed by atoms with van der Waals surface area (Å²) in [5.74, 6) is 0.0962. The number of aliphatic hydroxyl groups is 1. The lowest BCUT2D eigenvalue weighted by atomic mass is 9.86. The predicted octanol–water partition coefficient (Wildman–Crippen LogP) is 2.22. The Morgan fingerprint density at radius 2 is 1.96 bits per heavy atom. The van der Waals surface area contributed by atoms with Crippen LogP contribution in [0.5, 0.6) is 0 Å². The molecule has 0 saturated carbocycles. The minimum atomic E-state index is -0.530. The Hall–Kier alpha value is -2.24. The maximum absolute atomic E-state index is 12.8. The highest BCUT2D eigenvalue weighted by Gasteiger charge is 2.31. The molecular weight excluding hydrogens is 326 g/mol. The van der Waals surface area contributed by atoms with Gasteiger partial charge in [0, 0.05) is 25.3 Å². The second-order valence-corrected chi connectivity index (χ2v) is 7.13. The first kappa shape index (κ1) is 18.5. The van der Waals surface area contributed by atoms with Crippen LogP contribution in [0.2, 0.25) is 0 Å². The number of rotatable bonds is 4. The summed E-state index contributed by atoms with van der Waals surface area (Å²) in [6.07, 6.45) is 1.04. The van der Waals surface area contributed by atoms with E-state index in [0.29, 0.717) is 25.2 Å². The summed E-state index contributed by atoms with van der Waals surface area (Å²) in [5.41, 5.74) is 10.4. The molecule has 1 aliphatic rings. The van der Waals surface area contributed by atoms with Crippen molar-refractivity contribution in [2.75, 3.05) is 13.1 Å². The molecule has 1 amide bonds. The summed E-state index contributed by atoms with van der Waals surface area (Å²) in [6, 6.07) is 11.8. The first-order chi connectivity index (χ1) is 12.5. The van der Waals surface area contributed by atoms with Gasteiger partial charge in [0.05, 0.1) is 17.4 Å². The summed E-state index contributed by atoms with van der Waals surface area (Å²) in [4.78, 5) is 18.9. The molecule has 138 valence electrons. The molecule has 5 nitrogen and oxygen atoms in total. The molecule has 1 fully saturated rings. The van der Waals surface area contributed by atoms with Gasteiger partial charge >= 0.3 is 0 Å². The number of hydrogen-bond acceptors (Lipinski definition) is 4. The van der Waals surface area contributed by atoms with E-state index >= 15 is 0 Å². The minimum absolute atomic E-state index is 0.0464. The molecule has 0 aliphatic carbocycles. The number of β-amino-alcohol motifs (C(OH)–C–C–N with tert-alkyl or cyclic N) is 1. The van der Waals surface area contributed by atoms with Gasteiger partial charge in [0.25, 0.3) is 5.91 Å². The lowest BCUT2D eigenvalue weighted by Gasteiger charge is -2.36. The first-order valence-electron chi connectivity index (χ1n) is 9.18. The largest absolute Gasteiger partial charge is 0.391 e. The molecule has 3 N–H and O–H groups in total. The summed E-state index contributed by atoms with van der Waals surface area (Å²) < 4.78 is 0. The normalized spacial score (nSPS) is 20.2. The van der Waals surface area contributed by atoms with Crippen molar-refractivity contribution in [3.63, 3.8) is 0 Å². The summed E-state index contributed by atoms with van der Waals surface area (Å²) in [7, 11) is 0. The van der Waals surface area contributed by atoms with Crippen molar-refractivity contribution < 1.29 is 9.90 Å². The van der Waals surface area contributed by atoms with Crippen LogP contribution >= 0.6 is 0 Å². The second kappa shape index (κ2) is 7.98. The molecule has 1 unspecified atom stereocenters. The zero-order valence-electron chi connectivity index (χ0n) is 15.5. The van der Waals surface area contributed by atoms with Crippen LogP contribution in [-0.4, -0.2) is 40.1 Å². The van der Waals surface area contributed by atoms with Gasteiger partial charge in [0.1, 0.15) is 0 Å². The number of benzene rings is 1. The van der Waals surface area contributed by atoms with E-state index in [4.69, 9.17) is 5.73 Å². The zero-order valence-corrected chi connectivity index (χ0v) is 15.5. The molecule has 26 heavy (non-hydrogen) atoms. The summed E-state index contributed by atoms with van der Waals surface area (Å²) in [6.45, 7) is 5.28. The molecule has 1 aliphatic heterocycles. The van der Waals surface area contributed by atoms with Crippen molar-refractivity contribution in [3.8, 4) is 0 Å². The Labute approximate surface area is 154 Å². The topological polar surface area (TPSA) is 79.5 Å². The van der Waals surface area contributed by atoms with E-state index in [-0.39, 0.29) is 11.8 Å². The highest BCUT2D eigenvalue weighted by Crippen LogP contribution is 2.25. The van der Waals surface area contributed by atoms with E-state index in [9.17, 15) is 9.90 Å². The number of aryl methyl sites for hydroxylation is 2. The molecule has 0 bridgehead atoms. The number of carbonyl (C=O) groups is 1. The number of amides is 1. The van der Waals surface area contributed by atoms with Crippen molar-refractivity contribution in [1.29, 1.82) is 0 Å². The highest BCUT2D eigenvalue weighted by molar-refractivity contribution is 5.95. The lowest BCUT2D eigenvalue weighted by Crippen LogP contribution is -2.47. The Kier molecular flexibility index (Phi) is 5.69. The van der Waals surface area contributed by atoms with Gasteiger partial charge in [-0.1, -0.05) is 24.3 Å². The third-order valence-electron chi connectivity index (χ3n) is 5.28. The fourth-order valence-electron chi connectivity index (χ4n) is 3.72. The van der Waals surface area contributed by atoms with Crippen LogP contribution in [0, 0.1) is 19.8 Å². The van der Waals surface area contributed by atoms with Gasteiger partial charge in [-0.25, -0.2) is 0 Å². The van der Waals surface area contributed by atoms with Crippen molar-refractivity contribution in [2.24, 2.45) is 11.7 Å². The average molecular weight is 353 g/mol. The van der Waals surface area contributed by atoms with Crippen molar-refractivity contribution in [1.82, 2.24) is 9.88 Å². The smallest absolute Gasteiger partial charge is 0.255 e. The zero-order chi connectivity index (χ0) is 18.7. The van der Waals surface area contributed by atoms with Crippen LogP contribution in [0.1, 0.15) is 39.3 Å². The SMILES string of the molecule is Cc1ccc(C(=O)N2CCC(Cc3ccccc3CN)[C@H](O)C2)c(C)n1. The van der Waals surface area contributed by atoms with Crippen LogP contribution < -0.4 is 5.73 Å². The third-order valence-corrected chi connectivity index (χ3v) is 5.28. The number of nitrogens with zero attached hydrogens (tertiary/aromatic N) is 2. The molecule has 1 saturated heterocycles. The van der Waals surface area contributed by atoms with Gasteiger partial charge < -0.3 is 15.7 Å². The molecule has 2 heterocycles. The number of carbonyl (C=O) groups excluding carboxylic acids is 1. The second-order valence-electron chi connectivity index (χ2n) is 7.13. The molecular formula is C21H27N3O2. The van der Waals surface area contributed by atoms with Crippen molar-refractivity contribution >= 4 is 5.91 Å². The van der Waals surface area contributed by atoms with Crippen LogP contribution in [0.15, 0.2) is 36.4 Å². The van der Waals surface area contributed by atoms with E-state index in [2.05, 4.69) is 11.1 Å². The average Bonchev–Trinajstić information content (AvgIpc) is 2.63. The number of pyridine rings is 1. The van der Waals surface area contributed by atoms with Gasteiger partial charge in [-0.2, -0.15) is 0 Å². The van der Waals surface area contributed by atoms with Gasteiger partial charge in [-0.05, 0) is 55.9 Å². The van der Waals surface area contributed by atoms with E-state index in [1.807, 2.05) is 44.2 Å². The molecule has 1 aromatic heterocycles. The summed E-state index contributed by atoms with van der Waals surface area (Å²) in [5, 5.41) is 10.6. The maximum Gasteiger partial charge on any atom is 0.255 e. The van der Waals surface area contributed by atoms with Crippen LogP contribution in [0.3, 0.4) is 0 Å². The number of nitrogens with two attached hydrogens (primary N) is 1. The van der Waals surface area contributed by atoms with Crippen LogP contribution in [0.25, 0.3) is 0 Å². The molecule has 2 aromatic rings. The molecule has 1 aromatic carbocycles. The number of aromatic nitrogens is 1. The Morgan fingerprint density at radius 1 is 1.23 bits per heavy atom. The maximum atomic E-state index is 12.8. The monoisotopic (exact) mass is 353 g/mol. The standard InChI is InChI=1S/C21H27N3O2/c1-14-7-8-19(15(2)23-14)21(26)24-10-9-17(20(25)13-24)11-16-5-3-4-6-18(16)12-22/h3-8,17,20,25H,9-13,22H2,1-2H3/t17?,20-/m1/s1. The fourth-order valence-corrected chi connectivity index (χ4v) is 3.72. The minimum Gasteiger partial charge on any atom is -0.391 e. The van der Waals surface area contributed by atoms with E-state index in [1.54, 1.807) is 4.90 Å². The third kappa shape index (κ3) is 3.94. The number of likely N-dealkylation sites (tertiary alicyclic amines) is 1. The fraction of sp³-hybridized carbons (Fsp3) is 0.429. The lowest BCUT2D eigenvalue weighted by molar-refractivity contribution is 0.0197. The molecule has 0 radical (unpaired) electrons. The van der Waals surface area contributed by atoms with E-state index < -0.39 is 6.10 Å². The first-order valence-corrected chi connectivity index (χ1v) is 9.18. The Morgan fingerprint density at radius 3 is 2.62 bits per heavy atom. The molecule has 0 spiro atoms. The Bertz CT molecular complexity index is 791. The van der Waals surface area contributed by atoms with Crippen LogP contribution in [-0.2, 0) is 13.0 Å².